The summed E-state index contributed by atoms with van der Waals surface area (Å²) in [6.07, 6.45) is 6.50. The lowest BCUT2D eigenvalue weighted by molar-refractivity contribution is 0.301. The number of nitrogens with zero attached hydrogens (tertiary/aromatic N) is 5. The molecule has 0 atom stereocenters. The van der Waals surface area contributed by atoms with E-state index in [2.05, 4.69) is 15.4 Å². The summed E-state index contributed by atoms with van der Waals surface area (Å²) in [5, 5.41) is 12.0. The van der Waals surface area contributed by atoms with Crippen molar-refractivity contribution < 1.29 is 12.6 Å². The third-order valence-corrected chi connectivity index (χ3v) is 3.99. The van der Waals surface area contributed by atoms with Crippen molar-refractivity contribution >= 4 is 27.8 Å². The van der Waals surface area contributed by atoms with E-state index in [0.29, 0.717) is 17.9 Å². The molecule has 0 radical (unpaired) electrons. The summed E-state index contributed by atoms with van der Waals surface area (Å²) in [7, 11) is -3.46. The van der Waals surface area contributed by atoms with E-state index >= 15 is 0 Å². The fraction of sp³-hybridized carbons (Fsp3) is 0.308. The van der Waals surface area contributed by atoms with Gasteiger partial charge in [-0.05, 0) is 29.3 Å². The molecule has 10 heteroatoms. The minimum atomic E-state index is -3.46. The zero-order chi connectivity index (χ0) is 16.7. The van der Waals surface area contributed by atoms with E-state index in [1.165, 1.54) is 11.9 Å². The fourth-order valence-electron chi connectivity index (χ4n) is 1.72. The van der Waals surface area contributed by atoms with Crippen molar-refractivity contribution in [2.45, 2.75) is 6.54 Å². The van der Waals surface area contributed by atoms with Crippen LogP contribution in [0.15, 0.2) is 58.2 Å². The van der Waals surface area contributed by atoms with Gasteiger partial charge in [0, 0.05) is 18.6 Å². The number of hydrogen-bond donors (Lipinski definition) is 0. The van der Waals surface area contributed by atoms with E-state index in [1.807, 2.05) is 42.8 Å². The first-order valence-corrected chi connectivity index (χ1v) is 9.66. The Balaban J connectivity index is 2.17. The Hall–Kier alpha value is -1.91. The topological polar surface area (TPSA) is 90.3 Å². The number of aromatic nitrogens is 2. The smallest absolute Gasteiger partial charge is 0.264 e. The fourth-order valence-corrected chi connectivity index (χ4v) is 2.57. The Morgan fingerprint density at radius 3 is 2.61 bits per heavy atom. The zero-order valence-corrected chi connectivity index (χ0v) is 14.4. The standard InChI is InChI=1S/C13H17N5O3S2/c1-22-18-9-8-17(10-11-21-23(2,19)20)13(18)15-16-14-12-6-4-3-5-7-12/h3-9H,10-11H2,1-2H3/b15-13-,16-14+. The van der Waals surface area contributed by atoms with Gasteiger partial charge in [-0.2, -0.15) is 8.42 Å². The first kappa shape index (κ1) is 17.4. The summed E-state index contributed by atoms with van der Waals surface area (Å²) in [5.41, 5.74) is 1.24. The Morgan fingerprint density at radius 2 is 1.96 bits per heavy atom. The third kappa shape index (κ3) is 5.66. The van der Waals surface area contributed by atoms with Gasteiger partial charge >= 0.3 is 0 Å². The maximum absolute atomic E-state index is 11.0. The number of hydrogen-bond acceptors (Lipinski definition) is 6. The molecule has 8 nitrogen and oxygen atoms in total. The third-order valence-electron chi connectivity index (χ3n) is 2.71. The van der Waals surface area contributed by atoms with Gasteiger partial charge < -0.3 is 4.57 Å². The van der Waals surface area contributed by atoms with Gasteiger partial charge in [0.25, 0.3) is 10.1 Å². The minimum Gasteiger partial charge on any atom is -0.313 e. The molecule has 0 spiro atoms. The molecule has 1 aromatic carbocycles. The lowest BCUT2D eigenvalue weighted by Crippen LogP contribution is -2.24. The van der Waals surface area contributed by atoms with Crippen molar-refractivity contribution in [2.24, 2.45) is 15.4 Å². The zero-order valence-electron chi connectivity index (χ0n) is 12.7. The molecule has 23 heavy (non-hydrogen) atoms. The van der Waals surface area contributed by atoms with Crippen LogP contribution < -0.4 is 5.62 Å². The maximum Gasteiger partial charge on any atom is 0.264 e. The molecular formula is C13H17N5O3S2. The summed E-state index contributed by atoms with van der Waals surface area (Å²) < 4.78 is 30.3. The Kier molecular flexibility index (Phi) is 6.13. The highest BCUT2D eigenvalue weighted by atomic mass is 32.2. The average Bonchev–Trinajstić information content (AvgIpc) is 2.89. The van der Waals surface area contributed by atoms with Crippen molar-refractivity contribution in [3.05, 3.63) is 48.3 Å². The molecule has 1 aromatic heterocycles. The quantitative estimate of drug-likeness (QED) is 0.431. The molecular weight excluding hydrogens is 338 g/mol. The average molecular weight is 355 g/mol. The van der Waals surface area contributed by atoms with Crippen LogP contribution in [0.25, 0.3) is 0 Å². The number of benzene rings is 1. The molecule has 0 N–H and O–H groups in total. The van der Waals surface area contributed by atoms with Crippen LogP contribution in [-0.4, -0.2) is 36.1 Å². The first-order valence-electron chi connectivity index (χ1n) is 6.66. The predicted octanol–water partition coefficient (Wildman–Crippen LogP) is 1.99. The van der Waals surface area contributed by atoms with E-state index in [0.717, 1.165) is 6.26 Å². The largest absolute Gasteiger partial charge is 0.313 e. The van der Waals surface area contributed by atoms with E-state index in [9.17, 15) is 8.42 Å². The molecule has 1 heterocycles. The van der Waals surface area contributed by atoms with Gasteiger partial charge in [-0.25, -0.2) is 0 Å². The van der Waals surface area contributed by atoms with E-state index < -0.39 is 10.1 Å². The van der Waals surface area contributed by atoms with Crippen molar-refractivity contribution in [1.29, 1.82) is 0 Å². The van der Waals surface area contributed by atoms with Crippen LogP contribution in [0.3, 0.4) is 0 Å². The second kappa shape index (κ2) is 8.09. The van der Waals surface area contributed by atoms with Crippen LogP contribution in [0.2, 0.25) is 0 Å². The number of imidazole rings is 1. The van der Waals surface area contributed by atoms with Gasteiger partial charge in [-0.15, -0.1) is 5.11 Å². The SMILES string of the molecule is CSn1ccn(CCOS(C)(=O)=O)/c1=N/N=N/c1ccccc1. The molecule has 0 saturated heterocycles. The highest BCUT2D eigenvalue weighted by molar-refractivity contribution is 7.97. The molecule has 124 valence electrons. The summed E-state index contributed by atoms with van der Waals surface area (Å²) in [4.78, 5) is 0. The molecule has 0 aliphatic carbocycles. The summed E-state index contributed by atoms with van der Waals surface area (Å²) >= 11 is 1.44. The highest BCUT2D eigenvalue weighted by Crippen LogP contribution is 2.09. The molecule has 0 fully saturated rings. The van der Waals surface area contributed by atoms with E-state index in [1.54, 1.807) is 14.7 Å². The lowest BCUT2D eigenvalue weighted by Gasteiger charge is -2.03. The predicted molar refractivity (Wildman–Crippen MR) is 88.7 cm³/mol. The van der Waals surface area contributed by atoms with Crippen molar-refractivity contribution in [3.63, 3.8) is 0 Å². The van der Waals surface area contributed by atoms with Gasteiger partial charge in [0.1, 0.15) is 0 Å². The van der Waals surface area contributed by atoms with Crippen LogP contribution in [0.1, 0.15) is 0 Å². The van der Waals surface area contributed by atoms with Crippen molar-refractivity contribution in [3.8, 4) is 0 Å². The van der Waals surface area contributed by atoms with E-state index in [4.69, 9.17) is 4.18 Å². The maximum atomic E-state index is 11.0. The van der Waals surface area contributed by atoms with Gasteiger partial charge in [-0.1, -0.05) is 23.3 Å². The van der Waals surface area contributed by atoms with Crippen LogP contribution in [0, 0.1) is 0 Å². The molecule has 0 amide bonds. The van der Waals surface area contributed by atoms with Crippen LogP contribution in [0.5, 0.6) is 0 Å². The summed E-state index contributed by atoms with van der Waals surface area (Å²) in [6, 6.07) is 9.26. The summed E-state index contributed by atoms with van der Waals surface area (Å²) in [5.74, 6) is 0. The molecule has 0 aliphatic rings. The minimum absolute atomic E-state index is 0.0280. The highest BCUT2D eigenvalue weighted by Gasteiger charge is 2.04. The first-order chi connectivity index (χ1) is 11.0. The van der Waals surface area contributed by atoms with Gasteiger partial charge in [0.15, 0.2) is 0 Å². The summed E-state index contributed by atoms with van der Waals surface area (Å²) in [6.45, 7) is 0.362. The van der Waals surface area contributed by atoms with Gasteiger partial charge in [-0.3, -0.25) is 8.16 Å². The van der Waals surface area contributed by atoms with Crippen LogP contribution in [0.4, 0.5) is 5.69 Å². The lowest BCUT2D eigenvalue weighted by atomic mass is 10.3. The normalized spacial score (nSPS) is 13.0. The van der Waals surface area contributed by atoms with Crippen LogP contribution >= 0.6 is 11.9 Å². The Morgan fingerprint density at radius 1 is 1.22 bits per heavy atom. The van der Waals surface area contributed by atoms with Gasteiger partial charge in [0.2, 0.25) is 5.62 Å². The Bertz CT molecular complexity index is 825. The Labute approximate surface area is 138 Å². The molecule has 0 saturated carbocycles. The van der Waals surface area contributed by atoms with Crippen LogP contribution in [-0.2, 0) is 20.8 Å². The van der Waals surface area contributed by atoms with Crippen molar-refractivity contribution in [2.75, 3.05) is 19.1 Å². The second-order valence-electron chi connectivity index (χ2n) is 4.45. The van der Waals surface area contributed by atoms with E-state index in [-0.39, 0.29) is 6.61 Å². The second-order valence-corrected chi connectivity index (χ2v) is 6.85. The monoisotopic (exact) mass is 355 g/mol. The molecule has 0 aliphatic heterocycles. The number of rotatable bonds is 7. The molecule has 2 rings (SSSR count). The molecule has 0 unspecified atom stereocenters. The van der Waals surface area contributed by atoms with Gasteiger partial charge in [0.05, 0.1) is 25.1 Å². The molecule has 2 aromatic rings. The van der Waals surface area contributed by atoms with Crippen molar-refractivity contribution in [1.82, 2.24) is 8.54 Å². The molecule has 0 bridgehead atoms.